The highest BCUT2D eigenvalue weighted by Crippen LogP contribution is 2.36. The Balaban J connectivity index is 1.51. The van der Waals surface area contributed by atoms with Gasteiger partial charge in [0.1, 0.15) is 0 Å². The molecule has 2 aliphatic heterocycles. The molecule has 2 aliphatic rings. The minimum absolute atomic E-state index is 0.0631. The SMILES string of the molecule is CC[C@@H](c1nnnn1C(C)(C)CC)N(Cc1cc2cc3c(cc2[nH]c1=O)OCO3)C[C@@H]1CCCO1. The molecular weight excluding hydrogens is 448 g/mol. The zero-order chi connectivity index (χ0) is 24.6. The molecule has 1 N–H and O–H groups in total. The Labute approximate surface area is 204 Å². The van der Waals surface area contributed by atoms with E-state index in [-0.39, 0.29) is 30.0 Å². The molecule has 10 nitrogen and oxygen atoms in total. The predicted molar refractivity (Wildman–Crippen MR) is 131 cm³/mol. The van der Waals surface area contributed by atoms with Crippen molar-refractivity contribution >= 4 is 10.9 Å². The average molecular weight is 483 g/mol. The van der Waals surface area contributed by atoms with Crippen LogP contribution in [-0.2, 0) is 16.8 Å². The van der Waals surface area contributed by atoms with Crippen molar-refractivity contribution in [3.63, 3.8) is 0 Å². The molecule has 2 aromatic heterocycles. The van der Waals surface area contributed by atoms with Gasteiger partial charge < -0.3 is 19.2 Å². The Morgan fingerprint density at radius 1 is 1.23 bits per heavy atom. The summed E-state index contributed by atoms with van der Waals surface area (Å²) in [5, 5.41) is 13.7. The van der Waals surface area contributed by atoms with E-state index < -0.39 is 0 Å². The summed E-state index contributed by atoms with van der Waals surface area (Å²) in [5.74, 6) is 2.16. The van der Waals surface area contributed by atoms with Crippen molar-refractivity contribution in [3.8, 4) is 11.5 Å². The molecule has 5 rings (SSSR count). The third-order valence-electron chi connectivity index (χ3n) is 7.31. The van der Waals surface area contributed by atoms with Crippen molar-refractivity contribution in [1.82, 2.24) is 30.1 Å². The molecule has 4 heterocycles. The number of nitrogens with zero attached hydrogens (tertiary/aromatic N) is 5. The van der Waals surface area contributed by atoms with Crippen LogP contribution in [0.3, 0.4) is 0 Å². The molecule has 0 spiro atoms. The Bertz CT molecular complexity index is 1250. The van der Waals surface area contributed by atoms with Gasteiger partial charge in [0.25, 0.3) is 5.56 Å². The summed E-state index contributed by atoms with van der Waals surface area (Å²) in [6.07, 6.45) is 3.89. The number of ether oxygens (including phenoxy) is 3. The summed E-state index contributed by atoms with van der Waals surface area (Å²) in [5.41, 5.74) is 1.08. The number of benzene rings is 1. The van der Waals surface area contributed by atoms with Crippen LogP contribution in [0.15, 0.2) is 23.0 Å². The van der Waals surface area contributed by atoms with Gasteiger partial charge in [0.2, 0.25) is 6.79 Å². The molecule has 0 bridgehead atoms. The first-order valence-corrected chi connectivity index (χ1v) is 12.5. The summed E-state index contributed by atoms with van der Waals surface area (Å²) < 4.78 is 18.9. The van der Waals surface area contributed by atoms with Crippen LogP contribution in [0.25, 0.3) is 10.9 Å². The van der Waals surface area contributed by atoms with Gasteiger partial charge in [0.05, 0.1) is 23.2 Å². The number of hydrogen-bond donors (Lipinski definition) is 1. The molecule has 0 saturated carbocycles. The molecule has 188 valence electrons. The van der Waals surface area contributed by atoms with Crippen molar-refractivity contribution in [2.45, 2.75) is 77.6 Å². The van der Waals surface area contributed by atoms with Gasteiger partial charge in [0.15, 0.2) is 17.3 Å². The maximum absolute atomic E-state index is 13.1. The van der Waals surface area contributed by atoms with E-state index >= 15 is 0 Å². The van der Waals surface area contributed by atoms with E-state index in [4.69, 9.17) is 14.2 Å². The van der Waals surface area contributed by atoms with Crippen LogP contribution in [0.5, 0.6) is 11.5 Å². The number of aromatic amines is 1. The fourth-order valence-corrected chi connectivity index (χ4v) is 4.92. The molecule has 10 heteroatoms. The molecule has 1 fully saturated rings. The largest absolute Gasteiger partial charge is 0.454 e. The zero-order valence-electron chi connectivity index (χ0n) is 20.9. The number of hydrogen-bond acceptors (Lipinski definition) is 8. The van der Waals surface area contributed by atoms with E-state index in [9.17, 15) is 4.79 Å². The van der Waals surface area contributed by atoms with Crippen LogP contribution in [0, 0.1) is 0 Å². The smallest absolute Gasteiger partial charge is 0.252 e. The van der Waals surface area contributed by atoms with Gasteiger partial charge in [-0.3, -0.25) is 9.69 Å². The predicted octanol–water partition coefficient (Wildman–Crippen LogP) is 3.52. The Morgan fingerprint density at radius 2 is 2.03 bits per heavy atom. The fourth-order valence-electron chi connectivity index (χ4n) is 4.92. The summed E-state index contributed by atoms with van der Waals surface area (Å²) in [7, 11) is 0. The highest BCUT2D eigenvalue weighted by Gasteiger charge is 2.33. The van der Waals surface area contributed by atoms with E-state index in [1.165, 1.54) is 0 Å². The van der Waals surface area contributed by atoms with Gasteiger partial charge in [-0.25, -0.2) is 4.68 Å². The van der Waals surface area contributed by atoms with Crippen molar-refractivity contribution in [2.75, 3.05) is 19.9 Å². The third kappa shape index (κ3) is 4.64. The van der Waals surface area contributed by atoms with Gasteiger partial charge in [0, 0.05) is 36.7 Å². The maximum atomic E-state index is 13.1. The minimum atomic E-state index is -0.218. The summed E-state index contributed by atoms with van der Waals surface area (Å²) in [6, 6.07) is 5.63. The molecule has 0 aliphatic carbocycles. The third-order valence-corrected chi connectivity index (χ3v) is 7.31. The average Bonchev–Trinajstić information content (AvgIpc) is 3.61. The zero-order valence-corrected chi connectivity index (χ0v) is 20.9. The lowest BCUT2D eigenvalue weighted by molar-refractivity contribution is 0.0475. The maximum Gasteiger partial charge on any atom is 0.252 e. The number of tetrazole rings is 1. The first kappa shape index (κ1) is 23.7. The molecule has 3 aromatic rings. The van der Waals surface area contributed by atoms with Crippen LogP contribution >= 0.6 is 0 Å². The summed E-state index contributed by atoms with van der Waals surface area (Å²) in [6.45, 7) is 10.7. The molecule has 2 atom stereocenters. The number of nitrogens with one attached hydrogen (secondary N) is 1. The molecule has 0 unspecified atom stereocenters. The van der Waals surface area contributed by atoms with E-state index in [1.54, 1.807) is 0 Å². The normalized spacial score (nSPS) is 18.6. The first-order valence-electron chi connectivity index (χ1n) is 12.5. The van der Waals surface area contributed by atoms with Crippen molar-refractivity contribution in [3.05, 3.63) is 39.9 Å². The number of rotatable bonds is 9. The quantitative estimate of drug-likeness (QED) is 0.494. The van der Waals surface area contributed by atoms with Crippen molar-refractivity contribution < 1.29 is 14.2 Å². The lowest BCUT2D eigenvalue weighted by atomic mass is 10.0. The van der Waals surface area contributed by atoms with E-state index in [1.807, 2.05) is 22.9 Å². The van der Waals surface area contributed by atoms with Crippen LogP contribution in [0.1, 0.15) is 70.8 Å². The van der Waals surface area contributed by atoms with Gasteiger partial charge in [-0.2, -0.15) is 0 Å². The Kier molecular flexibility index (Phi) is 6.50. The minimum Gasteiger partial charge on any atom is -0.454 e. The molecular formula is C25H34N6O4. The van der Waals surface area contributed by atoms with Gasteiger partial charge in [-0.15, -0.1) is 5.10 Å². The van der Waals surface area contributed by atoms with Crippen molar-refractivity contribution in [1.29, 1.82) is 0 Å². The van der Waals surface area contributed by atoms with Crippen LogP contribution < -0.4 is 15.0 Å². The molecule has 1 saturated heterocycles. The number of fused-ring (bicyclic) bond motifs is 2. The molecule has 35 heavy (non-hydrogen) atoms. The Morgan fingerprint density at radius 3 is 2.74 bits per heavy atom. The fraction of sp³-hybridized carbons (Fsp3) is 0.600. The van der Waals surface area contributed by atoms with Crippen LogP contribution in [0.2, 0.25) is 0 Å². The molecule has 0 radical (unpaired) electrons. The number of pyridine rings is 1. The van der Waals surface area contributed by atoms with Crippen molar-refractivity contribution in [2.24, 2.45) is 0 Å². The highest BCUT2D eigenvalue weighted by atomic mass is 16.7. The van der Waals surface area contributed by atoms with E-state index in [2.05, 4.69) is 53.1 Å². The molecule has 0 amide bonds. The Hall–Kier alpha value is -2.98. The molecule has 1 aromatic carbocycles. The number of aromatic nitrogens is 5. The van der Waals surface area contributed by atoms with E-state index in [0.29, 0.717) is 30.2 Å². The lowest BCUT2D eigenvalue weighted by Gasteiger charge is -2.34. The topological polar surface area (TPSA) is 107 Å². The lowest BCUT2D eigenvalue weighted by Crippen LogP contribution is -2.39. The number of H-pyrrole nitrogens is 1. The second kappa shape index (κ2) is 9.58. The summed E-state index contributed by atoms with van der Waals surface area (Å²) >= 11 is 0. The second-order valence-electron chi connectivity index (χ2n) is 10.0. The van der Waals surface area contributed by atoms with Gasteiger partial charge >= 0.3 is 0 Å². The van der Waals surface area contributed by atoms with Gasteiger partial charge in [-0.05, 0) is 62.1 Å². The standard InChI is InChI=1S/C25H34N6O4/c1-5-20(23-27-28-29-31(23)25(3,4)6-2)30(14-18-8-7-9-33-18)13-17-10-16-11-21-22(35-15-34-21)12-19(16)26-24(17)32/h10-12,18,20H,5-9,13-15H2,1-4H3,(H,26,32)/t18-,20-/m0/s1. The van der Waals surface area contributed by atoms with Crippen LogP contribution in [0.4, 0.5) is 0 Å². The first-order chi connectivity index (χ1) is 16.9. The van der Waals surface area contributed by atoms with Crippen LogP contribution in [-0.4, -0.2) is 56.1 Å². The van der Waals surface area contributed by atoms with E-state index in [0.717, 1.165) is 49.0 Å². The summed E-state index contributed by atoms with van der Waals surface area (Å²) in [4.78, 5) is 18.5. The highest BCUT2D eigenvalue weighted by molar-refractivity contribution is 5.83. The van der Waals surface area contributed by atoms with Gasteiger partial charge in [-0.1, -0.05) is 13.8 Å². The second-order valence-corrected chi connectivity index (χ2v) is 10.0. The monoisotopic (exact) mass is 482 g/mol.